The quantitative estimate of drug-likeness (QED) is 0.740. The van der Waals surface area contributed by atoms with Gasteiger partial charge >= 0.3 is 0 Å². The van der Waals surface area contributed by atoms with Crippen LogP contribution in [0.1, 0.15) is 39.2 Å². The van der Waals surface area contributed by atoms with E-state index >= 15 is 0 Å². The highest BCUT2D eigenvalue weighted by Gasteiger charge is 2.18. The van der Waals surface area contributed by atoms with Gasteiger partial charge < -0.3 is 5.73 Å². The Bertz CT molecular complexity index is 319. The van der Waals surface area contributed by atoms with E-state index in [1.54, 1.807) is 0 Å². The third kappa shape index (κ3) is 5.33. The van der Waals surface area contributed by atoms with Gasteiger partial charge in [-0.2, -0.15) is 0 Å². The summed E-state index contributed by atoms with van der Waals surface area (Å²) in [6.45, 7) is 9.83. The van der Waals surface area contributed by atoms with Crippen molar-refractivity contribution in [2.24, 2.45) is 11.7 Å². The van der Waals surface area contributed by atoms with Crippen molar-refractivity contribution in [3.63, 3.8) is 0 Å². The van der Waals surface area contributed by atoms with Gasteiger partial charge in [-0.25, -0.2) is 0 Å². The first-order valence-electron chi connectivity index (χ1n) is 7.73. The van der Waals surface area contributed by atoms with Gasteiger partial charge in [0, 0.05) is 19.1 Å². The predicted molar refractivity (Wildman–Crippen MR) is 84.3 cm³/mol. The molecule has 108 valence electrons. The molecule has 2 heteroatoms. The summed E-state index contributed by atoms with van der Waals surface area (Å²) >= 11 is 0. The topological polar surface area (TPSA) is 29.3 Å². The van der Waals surface area contributed by atoms with Crippen molar-refractivity contribution in [1.82, 2.24) is 4.90 Å². The Hall–Kier alpha value is -0.860. The highest BCUT2D eigenvalue weighted by atomic mass is 15.2. The second-order valence-corrected chi connectivity index (χ2v) is 5.35. The van der Waals surface area contributed by atoms with Crippen molar-refractivity contribution < 1.29 is 0 Å². The molecule has 0 radical (unpaired) electrons. The normalized spacial score (nSPS) is 13.2. The average molecular weight is 262 g/mol. The molecule has 0 fully saturated rings. The van der Waals surface area contributed by atoms with E-state index in [-0.39, 0.29) is 0 Å². The van der Waals surface area contributed by atoms with E-state index in [1.165, 1.54) is 24.9 Å². The molecule has 2 N–H and O–H groups in total. The number of nitrogens with two attached hydrogens (primary N) is 1. The minimum atomic E-state index is 0.466. The summed E-state index contributed by atoms with van der Waals surface area (Å²) < 4.78 is 0. The molecule has 0 aliphatic rings. The second-order valence-electron chi connectivity index (χ2n) is 5.35. The molecule has 0 aliphatic heterocycles. The summed E-state index contributed by atoms with van der Waals surface area (Å²) in [6, 6.07) is 11.2. The molecule has 0 heterocycles. The van der Waals surface area contributed by atoms with Crippen LogP contribution in [0.5, 0.6) is 0 Å². The van der Waals surface area contributed by atoms with Crippen LogP contribution >= 0.6 is 0 Å². The zero-order chi connectivity index (χ0) is 14.1. The minimum absolute atomic E-state index is 0.466. The maximum Gasteiger partial charge on any atom is 0.0258 e. The number of rotatable bonds is 9. The molecule has 0 saturated carbocycles. The summed E-state index contributed by atoms with van der Waals surface area (Å²) in [4.78, 5) is 2.56. The molecule has 0 aliphatic carbocycles. The molecular formula is C17H30N2. The van der Waals surface area contributed by atoms with Crippen molar-refractivity contribution in [1.29, 1.82) is 0 Å². The van der Waals surface area contributed by atoms with Crippen molar-refractivity contribution >= 4 is 0 Å². The molecule has 1 aromatic rings. The van der Waals surface area contributed by atoms with E-state index < -0.39 is 0 Å². The van der Waals surface area contributed by atoms with Crippen LogP contribution in [0.3, 0.4) is 0 Å². The smallest absolute Gasteiger partial charge is 0.0258 e. The molecule has 0 spiro atoms. The molecule has 0 saturated heterocycles. The first-order chi connectivity index (χ1) is 9.24. The fourth-order valence-corrected chi connectivity index (χ4v) is 2.66. The van der Waals surface area contributed by atoms with Crippen LogP contribution in [-0.4, -0.2) is 30.6 Å². The molecular weight excluding hydrogens is 232 g/mol. The lowest BCUT2D eigenvalue weighted by molar-refractivity contribution is 0.172. The van der Waals surface area contributed by atoms with Crippen molar-refractivity contribution in [3.8, 4) is 0 Å². The monoisotopic (exact) mass is 262 g/mol. The summed E-state index contributed by atoms with van der Waals surface area (Å²) in [5, 5.41) is 0. The summed E-state index contributed by atoms with van der Waals surface area (Å²) in [7, 11) is 0. The molecule has 19 heavy (non-hydrogen) atoms. The number of likely N-dealkylation sites (N-methyl/N-ethyl adjacent to an activating group) is 1. The Balaban J connectivity index is 2.64. The maximum atomic E-state index is 6.01. The molecule has 1 aromatic carbocycles. The molecule has 1 atom stereocenters. The average Bonchev–Trinajstić information content (AvgIpc) is 2.48. The van der Waals surface area contributed by atoms with Gasteiger partial charge in [-0.1, -0.05) is 63.9 Å². The highest BCUT2D eigenvalue weighted by molar-refractivity contribution is 5.16. The number of hydrogen-bond acceptors (Lipinski definition) is 2. The zero-order valence-electron chi connectivity index (χ0n) is 12.8. The molecule has 1 rings (SSSR count). The number of nitrogens with zero attached hydrogens (tertiary/aromatic N) is 1. The van der Waals surface area contributed by atoms with Gasteiger partial charge in [0.15, 0.2) is 0 Å². The number of hydrogen-bond donors (Lipinski definition) is 1. The lowest BCUT2D eigenvalue weighted by Gasteiger charge is -2.32. The first kappa shape index (κ1) is 16.2. The van der Waals surface area contributed by atoms with Crippen molar-refractivity contribution in [2.75, 3.05) is 19.6 Å². The van der Waals surface area contributed by atoms with Gasteiger partial charge in [-0.05, 0) is 24.4 Å². The van der Waals surface area contributed by atoms with E-state index in [9.17, 15) is 0 Å². The van der Waals surface area contributed by atoms with Gasteiger partial charge in [0.1, 0.15) is 0 Å². The summed E-state index contributed by atoms with van der Waals surface area (Å²) in [5.41, 5.74) is 7.40. The fourth-order valence-electron chi connectivity index (χ4n) is 2.66. The predicted octanol–water partition coefficient (Wildman–Crippen LogP) is 3.31. The maximum absolute atomic E-state index is 6.01. The van der Waals surface area contributed by atoms with Gasteiger partial charge in [0.25, 0.3) is 0 Å². The largest absolute Gasteiger partial charge is 0.329 e. The third-order valence-corrected chi connectivity index (χ3v) is 4.16. The zero-order valence-corrected chi connectivity index (χ0v) is 12.8. The van der Waals surface area contributed by atoms with Crippen LogP contribution in [0.2, 0.25) is 0 Å². The Morgan fingerprint density at radius 2 is 1.68 bits per heavy atom. The number of benzene rings is 1. The standard InChI is InChI=1S/C17H30N2/c1-4-15(5-2)14-19(6-3)17(13-18)12-16-10-8-7-9-11-16/h7-11,15,17H,4-6,12-14,18H2,1-3H3. The van der Waals surface area contributed by atoms with E-state index in [0.29, 0.717) is 6.04 Å². The Labute approximate surface area is 119 Å². The van der Waals surface area contributed by atoms with Crippen LogP contribution in [-0.2, 0) is 6.42 Å². The van der Waals surface area contributed by atoms with Gasteiger partial charge in [0.2, 0.25) is 0 Å². The lowest BCUT2D eigenvalue weighted by Crippen LogP contribution is -2.44. The van der Waals surface area contributed by atoms with Crippen LogP contribution in [0, 0.1) is 5.92 Å². The van der Waals surface area contributed by atoms with Gasteiger partial charge in [-0.3, -0.25) is 4.90 Å². The van der Waals surface area contributed by atoms with Gasteiger partial charge in [-0.15, -0.1) is 0 Å². The molecule has 0 aromatic heterocycles. The summed E-state index contributed by atoms with van der Waals surface area (Å²) in [5.74, 6) is 0.796. The van der Waals surface area contributed by atoms with Crippen LogP contribution in [0.25, 0.3) is 0 Å². The second kappa shape index (κ2) is 9.11. The first-order valence-corrected chi connectivity index (χ1v) is 7.73. The Morgan fingerprint density at radius 3 is 2.16 bits per heavy atom. The molecule has 1 unspecified atom stereocenters. The fraction of sp³-hybridized carbons (Fsp3) is 0.647. The van der Waals surface area contributed by atoms with E-state index in [0.717, 1.165) is 25.4 Å². The van der Waals surface area contributed by atoms with E-state index in [1.807, 2.05) is 0 Å². The molecule has 0 amide bonds. The van der Waals surface area contributed by atoms with Crippen molar-refractivity contribution in [2.45, 2.75) is 46.1 Å². The molecule has 2 nitrogen and oxygen atoms in total. The lowest BCUT2D eigenvalue weighted by atomic mass is 9.99. The van der Waals surface area contributed by atoms with Crippen LogP contribution < -0.4 is 5.73 Å². The van der Waals surface area contributed by atoms with Crippen LogP contribution in [0.15, 0.2) is 30.3 Å². The highest BCUT2D eigenvalue weighted by Crippen LogP contribution is 2.14. The Kier molecular flexibility index (Phi) is 7.76. The van der Waals surface area contributed by atoms with E-state index in [4.69, 9.17) is 5.73 Å². The summed E-state index contributed by atoms with van der Waals surface area (Å²) in [6.07, 6.45) is 3.58. The SMILES string of the molecule is CCC(CC)CN(CC)C(CN)Cc1ccccc1. The third-order valence-electron chi connectivity index (χ3n) is 4.16. The minimum Gasteiger partial charge on any atom is -0.329 e. The van der Waals surface area contributed by atoms with Crippen molar-refractivity contribution in [3.05, 3.63) is 35.9 Å². The Morgan fingerprint density at radius 1 is 1.05 bits per heavy atom. The van der Waals surface area contributed by atoms with Gasteiger partial charge in [0.05, 0.1) is 0 Å². The van der Waals surface area contributed by atoms with Crippen LogP contribution in [0.4, 0.5) is 0 Å². The van der Waals surface area contributed by atoms with E-state index in [2.05, 4.69) is 56.0 Å². The molecule has 0 bridgehead atoms.